The molecule has 2 atom stereocenters. The zero-order valence-electron chi connectivity index (χ0n) is 12.4. The summed E-state index contributed by atoms with van der Waals surface area (Å²) in [6, 6.07) is 11.2. The fourth-order valence-electron chi connectivity index (χ4n) is 2.71. The molecule has 2 aromatic rings. The molecule has 0 bridgehead atoms. The molecule has 19 heavy (non-hydrogen) atoms. The van der Waals surface area contributed by atoms with Crippen LogP contribution in [0.15, 0.2) is 30.3 Å². The van der Waals surface area contributed by atoms with Crippen LogP contribution in [0.5, 0.6) is 0 Å². The Morgan fingerprint density at radius 3 is 2.21 bits per heavy atom. The van der Waals surface area contributed by atoms with Crippen molar-refractivity contribution in [3.63, 3.8) is 0 Å². The molecule has 2 unspecified atom stereocenters. The Labute approximate surface area is 115 Å². The first-order chi connectivity index (χ1) is 9.00. The topological polar surface area (TPSA) is 29.9 Å². The number of rotatable bonds is 4. The third-order valence-electron chi connectivity index (χ3n) is 3.80. The van der Waals surface area contributed by atoms with Crippen LogP contribution >= 0.6 is 0 Å². The summed E-state index contributed by atoms with van der Waals surface area (Å²) >= 11 is 0. The minimum Gasteiger partial charge on any atom is -0.304 e. The number of aryl methyl sites for hydroxylation is 2. The number of aromatic nitrogens is 2. The molecular weight excluding hydrogens is 234 g/mol. The van der Waals surface area contributed by atoms with E-state index in [2.05, 4.69) is 68.4 Å². The third kappa shape index (κ3) is 2.87. The van der Waals surface area contributed by atoms with E-state index < -0.39 is 0 Å². The van der Waals surface area contributed by atoms with Crippen LogP contribution in [0, 0.1) is 13.8 Å². The number of benzene rings is 1. The predicted octanol–water partition coefficient (Wildman–Crippen LogP) is 3.45. The van der Waals surface area contributed by atoms with E-state index in [9.17, 15) is 0 Å². The van der Waals surface area contributed by atoms with Crippen molar-refractivity contribution < 1.29 is 0 Å². The number of hydrogen-bond donors (Lipinski definition) is 1. The van der Waals surface area contributed by atoms with Gasteiger partial charge in [-0.1, -0.05) is 30.3 Å². The Morgan fingerprint density at radius 1 is 1.05 bits per heavy atom. The van der Waals surface area contributed by atoms with Gasteiger partial charge in [0.2, 0.25) is 0 Å². The highest BCUT2D eigenvalue weighted by Gasteiger charge is 2.18. The molecule has 0 amide bonds. The van der Waals surface area contributed by atoms with E-state index in [4.69, 9.17) is 0 Å². The van der Waals surface area contributed by atoms with E-state index in [0.717, 1.165) is 5.69 Å². The van der Waals surface area contributed by atoms with Crippen LogP contribution in [0.3, 0.4) is 0 Å². The molecule has 0 saturated carbocycles. The molecule has 1 aromatic carbocycles. The fraction of sp³-hybridized carbons (Fsp3) is 0.438. The van der Waals surface area contributed by atoms with Gasteiger partial charge >= 0.3 is 0 Å². The van der Waals surface area contributed by atoms with E-state index in [-0.39, 0.29) is 0 Å². The molecule has 1 aromatic heterocycles. The largest absolute Gasteiger partial charge is 0.304 e. The molecule has 0 aliphatic heterocycles. The van der Waals surface area contributed by atoms with Gasteiger partial charge in [0, 0.05) is 30.4 Å². The Balaban J connectivity index is 2.15. The summed E-state index contributed by atoms with van der Waals surface area (Å²) in [6.07, 6.45) is 0. The van der Waals surface area contributed by atoms with Crippen LogP contribution in [0.25, 0.3) is 0 Å². The van der Waals surface area contributed by atoms with E-state index in [1.54, 1.807) is 0 Å². The molecule has 0 fully saturated rings. The average molecular weight is 257 g/mol. The van der Waals surface area contributed by atoms with Crippen LogP contribution in [-0.4, -0.2) is 9.78 Å². The quantitative estimate of drug-likeness (QED) is 0.909. The van der Waals surface area contributed by atoms with Crippen LogP contribution in [0.2, 0.25) is 0 Å². The van der Waals surface area contributed by atoms with Gasteiger partial charge in [0.05, 0.1) is 5.69 Å². The van der Waals surface area contributed by atoms with Gasteiger partial charge in [-0.05, 0) is 33.3 Å². The second-order valence-corrected chi connectivity index (χ2v) is 5.23. The molecule has 0 aliphatic rings. The lowest BCUT2D eigenvalue weighted by Crippen LogP contribution is -2.23. The number of hydrogen-bond acceptors (Lipinski definition) is 2. The van der Waals surface area contributed by atoms with Crippen molar-refractivity contribution in [3.05, 3.63) is 52.8 Å². The molecule has 3 nitrogen and oxygen atoms in total. The summed E-state index contributed by atoms with van der Waals surface area (Å²) in [4.78, 5) is 0. The summed E-state index contributed by atoms with van der Waals surface area (Å²) in [7, 11) is 2.00. The van der Waals surface area contributed by atoms with E-state index >= 15 is 0 Å². The highest BCUT2D eigenvalue weighted by atomic mass is 15.3. The SMILES string of the molecule is Cc1nn(C)c(C)c1C(C)NC(C)c1ccccc1. The summed E-state index contributed by atoms with van der Waals surface area (Å²) in [6.45, 7) is 8.61. The average Bonchev–Trinajstić information content (AvgIpc) is 2.64. The van der Waals surface area contributed by atoms with Crippen molar-refractivity contribution >= 4 is 0 Å². The highest BCUT2D eigenvalue weighted by molar-refractivity contribution is 5.28. The van der Waals surface area contributed by atoms with Gasteiger partial charge in [-0.15, -0.1) is 0 Å². The van der Waals surface area contributed by atoms with E-state index in [0.29, 0.717) is 12.1 Å². The Kier molecular flexibility index (Phi) is 4.05. The van der Waals surface area contributed by atoms with Crippen LogP contribution in [0.1, 0.15) is 48.4 Å². The lowest BCUT2D eigenvalue weighted by atomic mass is 10.0. The summed E-state index contributed by atoms with van der Waals surface area (Å²) in [5.74, 6) is 0. The first-order valence-corrected chi connectivity index (χ1v) is 6.81. The maximum absolute atomic E-state index is 4.49. The summed E-state index contributed by atoms with van der Waals surface area (Å²) < 4.78 is 1.95. The number of nitrogens with zero attached hydrogens (tertiary/aromatic N) is 2. The second-order valence-electron chi connectivity index (χ2n) is 5.23. The zero-order valence-corrected chi connectivity index (χ0v) is 12.4. The predicted molar refractivity (Wildman–Crippen MR) is 79.1 cm³/mol. The van der Waals surface area contributed by atoms with Crippen molar-refractivity contribution in [3.8, 4) is 0 Å². The summed E-state index contributed by atoms with van der Waals surface area (Å²) in [5.41, 5.74) is 4.97. The number of nitrogens with one attached hydrogen (secondary N) is 1. The van der Waals surface area contributed by atoms with Crippen molar-refractivity contribution in [1.82, 2.24) is 15.1 Å². The Bertz CT molecular complexity index is 543. The Hall–Kier alpha value is -1.61. The standard InChI is InChI=1S/C16H23N3/c1-11(15-9-7-6-8-10-15)17-12(2)16-13(3)18-19(5)14(16)4/h6-12,17H,1-5H3. The molecule has 0 radical (unpaired) electrons. The normalized spacial score (nSPS) is 14.4. The fourth-order valence-corrected chi connectivity index (χ4v) is 2.71. The first kappa shape index (κ1) is 13.8. The summed E-state index contributed by atoms with van der Waals surface area (Å²) in [5, 5.41) is 8.14. The van der Waals surface area contributed by atoms with Gasteiger partial charge in [0.25, 0.3) is 0 Å². The monoisotopic (exact) mass is 257 g/mol. The molecule has 1 N–H and O–H groups in total. The van der Waals surface area contributed by atoms with Crippen molar-refractivity contribution in [2.24, 2.45) is 7.05 Å². The van der Waals surface area contributed by atoms with Crippen molar-refractivity contribution in [1.29, 1.82) is 0 Å². The highest BCUT2D eigenvalue weighted by Crippen LogP contribution is 2.24. The smallest absolute Gasteiger partial charge is 0.0644 e. The maximum atomic E-state index is 4.49. The van der Waals surface area contributed by atoms with Gasteiger partial charge in [-0.25, -0.2) is 0 Å². The second kappa shape index (κ2) is 5.57. The van der Waals surface area contributed by atoms with E-state index in [1.165, 1.54) is 16.8 Å². The van der Waals surface area contributed by atoms with Gasteiger partial charge in [0.1, 0.15) is 0 Å². The van der Waals surface area contributed by atoms with Crippen LogP contribution in [0.4, 0.5) is 0 Å². The van der Waals surface area contributed by atoms with Gasteiger partial charge in [0.15, 0.2) is 0 Å². The molecule has 102 valence electrons. The lowest BCUT2D eigenvalue weighted by Gasteiger charge is -2.21. The minimum atomic E-state index is 0.295. The minimum absolute atomic E-state index is 0.295. The molecule has 1 heterocycles. The van der Waals surface area contributed by atoms with Crippen LogP contribution < -0.4 is 5.32 Å². The first-order valence-electron chi connectivity index (χ1n) is 6.81. The van der Waals surface area contributed by atoms with Crippen molar-refractivity contribution in [2.75, 3.05) is 0 Å². The Morgan fingerprint density at radius 2 is 1.68 bits per heavy atom. The third-order valence-corrected chi connectivity index (χ3v) is 3.80. The molecule has 0 aliphatic carbocycles. The molecule has 3 heteroatoms. The molecular formula is C16H23N3. The van der Waals surface area contributed by atoms with Crippen LogP contribution in [-0.2, 0) is 7.05 Å². The van der Waals surface area contributed by atoms with Gasteiger partial charge in [-0.3, -0.25) is 4.68 Å². The van der Waals surface area contributed by atoms with Gasteiger partial charge in [-0.2, -0.15) is 5.10 Å². The van der Waals surface area contributed by atoms with Gasteiger partial charge < -0.3 is 5.32 Å². The molecule has 0 saturated heterocycles. The zero-order chi connectivity index (χ0) is 14.0. The van der Waals surface area contributed by atoms with Crippen molar-refractivity contribution in [2.45, 2.75) is 39.8 Å². The molecule has 0 spiro atoms. The lowest BCUT2D eigenvalue weighted by molar-refractivity contribution is 0.491. The molecule has 2 rings (SSSR count). The maximum Gasteiger partial charge on any atom is 0.0644 e. The van der Waals surface area contributed by atoms with E-state index in [1.807, 2.05) is 11.7 Å².